The molecule has 0 saturated carbocycles. The number of fused-ring (bicyclic) bond motifs is 1. The Morgan fingerprint density at radius 2 is 1.90 bits per heavy atom. The molecular formula is C33H37N5O4. The second-order valence-electron chi connectivity index (χ2n) is 11.4. The van der Waals surface area contributed by atoms with Gasteiger partial charge in [0.15, 0.2) is 0 Å². The van der Waals surface area contributed by atoms with E-state index in [9.17, 15) is 9.59 Å². The smallest absolute Gasteiger partial charge is 0.415 e. The molecule has 3 heterocycles. The summed E-state index contributed by atoms with van der Waals surface area (Å²) < 4.78 is 13.1. The minimum Gasteiger partial charge on any atom is -0.443 e. The first kappa shape index (κ1) is 28.9. The Hall–Kier alpha value is -4.63. The SMILES string of the molecule is CC(C)(C)OC(=O)N(C/C=C/c1cccc(N)c1)c1ccc2ncc(-c3cccc(NC(=O)C4CCOCC4)c3)n2c1. The molecule has 5 rings (SSSR count). The molecule has 1 fully saturated rings. The molecule has 0 unspecified atom stereocenters. The van der Waals surface area contributed by atoms with Crippen LogP contribution < -0.4 is 16.0 Å². The molecule has 42 heavy (non-hydrogen) atoms. The Morgan fingerprint density at radius 3 is 2.67 bits per heavy atom. The van der Waals surface area contributed by atoms with Crippen molar-refractivity contribution in [3.05, 3.63) is 84.7 Å². The van der Waals surface area contributed by atoms with E-state index >= 15 is 0 Å². The van der Waals surface area contributed by atoms with Gasteiger partial charge in [0.05, 0.1) is 17.6 Å². The quantitative estimate of drug-likeness (QED) is 0.250. The lowest BCUT2D eigenvalue weighted by Crippen LogP contribution is -2.37. The average Bonchev–Trinajstić information content (AvgIpc) is 3.38. The number of rotatable bonds is 7. The predicted octanol–water partition coefficient (Wildman–Crippen LogP) is 6.40. The van der Waals surface area contributed by atoms with Crippen molar-refractivity contribution in [2.75, 3.05) is 35.7 Å². The van der Waals surface area contributed by atoms with Crippen LogP contribution in [0.25, 0.3) is 23.0 Å². The molecular weight excluding hydrogens is 530 g/mol. The Bertz CT molecular complexity index is 1600. The molecule has 9 heteroatoms. The van der Waals surface area contributed by atoms with Gasteiger partial charge in [-0.3, -0.25) is 14.1 Å². The molecule has 2 aromatic heterocycles. The summed E-state index contributed by atoms with van der Waals surface area (Å²) in [6.45, 7) is 7.04. The minimum absolute atomic E-state index is 0.00937. The molecule has 0 bridgehead atoms. The fraction of sp³-hybridized carbons (Fsp3) is 0.303. The topological polar surface area (TPSA) is 111 Å². The van der Waals surface area contributed by atoms with Crippen LogP contribution >= 0.6 is 0 Å². The maximum Gasteiger partial charge on any atom is 0.415 e. The number of amides is 2. The van der Waals surface area contributed by atoms with Crippen LogP contribution in [0, 0.1) is 5.92 Å². The molecule has 1 aliphatic heterocycles. The first-order valence-corrected chi connectivity index (χ1v) is 14.1. The first-order chi connectivity index (χ1) is 20.2. The van der Waals surface area contributed by atoms with E-state index in [0.717, 1.165) is 41.0 Å². The molecule has 1 saturated heterocycles. The number of nitrogens with two attached hydrogens (primary N) is 1. The van der Waals surface area contributed by atoms with Crippen molar-refractivity contribution in [1.82, 2.24) is 9.38 Å². The Labute approximate surface area is 245 Å². The number of pyridine rings is 1. The van der Waals surface area contributed by atoms with E-state index in [2.05, 4.69) is 10.3 Å². The highest BCUT2D eigenvalue weighted by molar-refractivity contribution is 5.93. The number of aromatic nitrogens is 2. The standard InChI is InChI=1S/C33H37N5O4/c1-33(2,3)42-32(40)37(16-6-8-23-7-4-10-26(34)19-23)28-12-13-30-35-21-29(38(30)22-28)25-9-5-11-27(20-25)36-31(39)24-14-17-41-18-15-24/h4-13,19-22,24H,14-18,34H2,1-3H3,(H,36,39)/b8-6+. The van der Waals surface area contributed by atoms with E-state index in [1.807, 2.05) is 104 Å². The molecule has 0 atom stereocenters. The number of ether oxygens (including phenoxy) is 2. The normalized spacial score (nSPS) is 14.3. The number of nitrogens with one attached hydrogen (secondary N) is 1. The van der Waals surface area contributed by atoms with Crippen LogP contribution in [0.5, 0.6) is 0 Å². The van der Waals surface area contributed by atoms with E-state index in [1.54, 1.807) is 11.1 Å². The van der Waals surface area contributed by atoms with E-state index < -0.39 is 11.7 Å². The van der Waals surface area contributed by atoms with Crippen LogP contribution in [0.4, 0.5) is 21.9 Å². The average molecular weight is 568 g/mol. The van der Waals surface area contributed by atoms with Crippen molar-refractivity contribution in [2.45, 2.75) is 39.2 Å². The van der Waals surface area contributed by atoms with Crippen molar-refractivity contribution in [3.63, 3.8) is 0 Å². The van der Waals surface area contributed by atoms with E-state index in [-0.39, 0.29) is 18.4 Å². The van der Waals surface area contributed by atoms with E-state index in [1.165, 1.54) is 0 Å². The summed E-state index contributed by atoms with van der Waals surface area (Å²) in [7, 11) is 0. The largest absolute Gasteiger partial charge is 0.443 e. The third-order valence-electron chi connectivity index (χ3n) is 6.94. The van der Waals surface area contributed by atoms with Gasteiger partial charge in [0, 0.05) is 48.8 Å². The summed E-state index contributed by atoms with van der Waals surface area (Å²) in [4.78, 5) is 32.3. The Kier molecular flexibility index (Phi) is 8.59. The Morgan fingerprint density at radius 1 is 1.12 bits per heavy atom. The molecule has 0 radical (unpaired) electrons. The van der Waals surface area contributed by atoms with Crippen LogP contribution in [0.3, 0.4) is 0 Å². The second kappa shape index (κ2) is 12.5. The van der Waals surface area contributed by atoms with Crippen molar-refractivity contribution in [2.24, 2.45) is 5.92 Å². The van der Waals surface area contributed by atoms with Gasteiger partial charge in [-0.25, -0.2) is 9.78 Å². The van der Waals surface area contributed by atoms with Crippen molar-refractivity contribution in [3.8, 4) is 11.3 Å². The first-order valence-electron chi connectivity index (χ1n) is 14.1. The molecule has 4 aromatic rings. The molecule has 1 aliphatic rings. The van der Waals surface area contributed by atoms with Gasteiger partial charge in [0.25, 0.3) is 0 Å². The van der Waals surface area contributed by atoms with Gasteiger partial charge in [-0.2, -0.15) is 0 Å². The molecule has 2 aromatic carbocycles. The molecule has 0 spiro atoms. The Balaban J connectivity index is 1.43. The lowest BCUT2D eigenvalue weighted by molar-refractivity contribution is -0.122. The van der Waals surface area contributed by atoms with Crippen LogP contribution in [0.15, 0.2) is 79.1 Å². The van der Waals surface area contributed by atoms with Gasteiger partial charge in [0.2, 0.25) is 5.91 Å². The zero-order valence-corrected chi connectivity index (χ0v) is 24.2. The summed E-state index contributed by atoms with van der Waals surface area (Å²) in [5, 5.41) is 3.06. The summed E-state index contributed by atoms with van der Waals surface area (Å²) in [5.74, 6) is -0.0389. The number of carbonyl (C=O) groups is 2. The van der Waals surface area contributed by atoms with Gasteiger partial charge in [-0.15, -0.1) is 0 Å². The highest BCUT2D eigenvalue weighted by atomic mass is 16.6. The molecule has 2 amide bonds. The second-order valence-corrected chi connectivity index (χ2v) is 11.4. The van der Waals surface area contributed by atoms with Gasteiger partial charge in [0.1, 0.15) is 11.2 Å². The van der Waals surface area contributed by atoms with Crippen molar-refractivity contribution in [1.29, 1.82) is 0 Å². The van der Waals surface area contributed by atoms with Gasteiger partial charge < -0.3 is 20.5 Å². The third-order valence-corrected chi connectivity index (χ3v) is 6.94. The van der Waals surface area contributed by atoms with Gasteiger partial charge in [-0.1, -0.05) is 36.4 Å². The van der Waals surface area contributed by atoms with Crippen molar-refractivity contribution >= 4 is 40.8 Å². The number of anilines is 3. The highest BCUT2D eigenvalue weighted by Crippen LogP contribution is 2.28. The molecule has 9 nitrogen and oxygen atoms in total. The lowest BCUT2D eigenvalue weighted by atomic mass is 9.99. The van der Waals surface area contributed by atoms with Crippen molar-refractivity contribution < 1.29 is 19.1 Å². The number of benzene rings is 2. The highest BCUT2D eigenvalue weighted by Gasteiger charge is 2.24. The summed E-state index contributed by atoms with van der Waals surface area (Å²) in [6, 6.07) is 19.0. The number of hydrogen-bond acceptors (Lipinski definition) is 6. The van der Waals surface area contributed by atoms with E-state index in [4.69, 9.17) is 15.2 Å². The number of hydrogen-bond donors (Lipinski definition) is 2. The molecule has 218 valence electrons. The zero-order valence-electron chi connectivity index (χ0n) is 24.2. The van der Waals surface area contributed by atoms with Crippen LogP contribution in [0.1, 0.15) is 39.2 Å². The maximum absolute atomic E-state index is 13.3. The fourth-order valence-electron chi connectivity index (χ4n) is 4.86. The third kappa shape index (κ3) is 7.16. The number of nitrogens with zero attached hydrogens (tertiary/aromatic N) is 3. The van der Waals surface area contributed by atoms with Crippen LogP contribution in [0.2, 0.25) is 0 Å². The van der Waals surface area contributed by atoms with Gasteiger partial charge >= 0.3 is 6.09 Å². The summed E-state index contributed by atoms with van der Waals surface area (Å²) in [6.07, 6.45) is 8.49. The van der Waals surface area contributed by atoms with Crippen LogP contribution in [-0.2, 0) is 14.3 Å². The molecule has 0 aliphatic carbocycles. The number of imidazole rings is 1. The summed E-state index contributed by atoms with van der Waals surface area (Å²) in [5.41, 5.74) is 10.7. The fourth-order valence-corrected chi connectivity index (χ4v) is 4.86. The number of carbonyl (C=O) groups excluding carboxylic acids is 2. The van der Waals surface area contributed by atoms with Crippen LogP contribution in [-0.4, -0.2) is 46.7 Å². The molecule has 3 N–H and O–H groups in total. The predicted molar refractivity (Wildman–Crippen MR) is 166 cm³/mol. The number of nitrogen functional groups attached to an aromatic ring is 1. The minimum atomic E-state index is -0.660. The summed E-state index contributed by atoms with van der Waals surface area (Å²) >= 11 is 0. The van der Waals surface area contributed by atoms with Gasteiger partial charge in [-0.05, 0) is 75.6 Å². The lowest BCUT2D eigenvalue weighted by Gasteiger charge is -2.27. The monoisotopic (exact) mass is 567 g/mol. The maximum atomic E-state index is 13.3. The van der Waals surface area contributed by atoms with E-state index in [0.29, 0.717) is 24.6 Å². The zero-order chi connectivity index (χ0) is 29.7.